The van der Waals surface area contributed by atoms with Crippen LogP contribution < -0.4 is 51.4 Å². The molecule has 0 aliphatic carbocycles. The summed E-state index contributed by atoms with van der Waals surface area (Å²) in [6.07, 6.45) is 1.50. The van der Waals surface area contributed by atoms with Gasteiger partial charge < -0.3 is 0 Å². The molecule has 0 saturated heterocycles. The van der Waals surface area contributed by atoms with Gasteiger partial charge in [0.25, 0.3) is 0 Å². The van der Waals surface area contributed by atoms with Gasteiger partial charge in [-0.25, -0.2) is 19.6 Å². The first kappa shape index (κ1) is 16.4. The average molecular weight is 100 g/mol. The molecule has 0 aromatic rings. The molecule has 0 unspecified atom stereocenters. The van der Waals surface area contributed by atoms with Crippen molar-refractivity contribution in [3.8, 4) is 0 Å². The third-order valence-electron chi connectivity index (χ3n) is 0. The number of hydrogen-bond donors (Lipinski definition) is 0. The van der Waals surface area contributed by atoms with Gasteiger partial charge in [-0.05, 0) is 0 Å². The van der Waals surface area contributed by atoms with E-state index in [1.54, 1.807) is 0 Å². The number of rotatable bonds is 0. The Bertz CT molecular complexity index is 14.4. The summed E-state index contributed by atoms with van der Waals surface area (Å²) in [7, 11) is 0. The van der Waals surface area contributed by atoms with Crippen LogP contribution in [0.2, 0.25) is 0 Å². The van der Waals surface area contributed by atoms with Crippen molar-refractivity contribution in [2.24, 2.45) is 0 Å². The number of hydrogen-bond acceptors (Lipinski definition) is 0. The summed E-state index contributed by atoms with van der Waals surface area (Å²) >= 11 is 0. The minimum absolute atomic E-state index is 0. The molecule has 5 heavy (non-hydrogen) atoms. The second-order valence-corrected chi connectivity index (χ2v) is 0.289. The Morgan fingerprint density at radius 1 is 1.60 bits per heavy atom. The van der Waals surface area contributed by atoms with Crippen molar-refractivity contribution in [3.05, 3.63) is 19.6 Å². The molecule has 0 aliphatic heterocycles. The van der Waals surface area contributed by atoms with Crippen LogP contribution in [0.3, 0.4) is 0 Å². The molecule has 0 saturated carbocycles. The maximum atomic E-state index is 3.25. The van der Waals surface area contributed by atoms with Crippen molar-refractivity contribution in [2.45, 2.75) is 0 Å². The van der Waals surface area contributed by atoms with E-state index < -0.39 is 0 Å². The zero-order valence-corrected chi connectivity index (χ0v) is 6.52. The van der Waals surface area contributed by atoms with Crippen molar-refractivity contribution in [3.63, 3.8) is 0 Å². The van der Waals surface area contributed by atoms with E-state index in [2.05, 4.69) is 13.5 Å². The molecule has 0 spiro atoms. The van der Waals surface area contributed by atoms with Gasteiger partial charge in [0, 0.05) is 0 Å². The number of allylic oxidation sites excluding steroid dienone is 1. The third-order valence-corrected chi connectivity index (χ3v) is 0. The Morgan fingerprint density at radius 2 is 1.60 bits per heavy atom. The Morgan fingerprint density at radius 3 is 1.60 bits per heavy atom. The summed E-state index contributed by atoms with van der Waals surface area (Å²) < 4.78 is 0. The second kappa shape index (κ2) is 19.1. The van der Waals surface area contributed by atoms with Gasteiger partial charge in [0.15, 0.2) is 0 Å². The summed E-state index contributed by atoms with van der Waals surface area (Å²) in [6, 6.07) is 0. The molecular weight excluding hydrogens is 94.1 g/mol. The van der Waals surface area contributed by atoms with E-state index in [0.29, 0.717) is 0 Å². The van der Waals surface area contributed by atoms with Crippen molar-refractivity contribution in [1.29, 1.82) is 0 Å². The van der Waals surface area contributed by atoms with Crippen LogP contribution in [0, 0.1) is 6.92 Å². The zero-order chi connectivity index (χ0) is 2.71. The summed E-state index contributed by atoms with van der Waals surface area (Å²) in [5.41, 5.74) is 0. The average Bonchev–Trinajstić information content (AvgIpc) is 0.918. The van der Waals surface area contributed by atoms with Crippen LogP contribution >= 0.6 is 0 Å². The van der Waals surface area contributed by atoms with E-state index >= 15 is 0 Å². The van der Waals surface area contributed by atoms with Crippen LogP contribution in [0.25, 0.3) is 0 Å². The Hall–Kier alpha value is 1.18. The smallest absolute Gasteiger partial charge is 0.269 e. The fourth-order valence-electron chi connectivity index (χ4n) is 0. The Balaban J connectivity index is -0.0000000200. The first-order chi connectivity index (χ1) is 1.41. The van der Waals surface area contributed by atoms with Gasteiger partial charge in [0.1, 0.15) is 0 Å². The standard InChI is InChI=1S/C3H5.FH.K/c1-3-2;;/h3H,1-2H2;1H;/q-1;;+1. The molecule has 26 valence electrons. The van der Waals surface area contributed by atoms with Crippen LogP contribution in [0.1, 0.15) is 0 Å². The Kier molecular flexibility index (Phi) is 62.5. The van der Waals surface area contributed by atoms with Gasteiger partial charge in [-0.2, -0.15) is 0 Å². The van der Waals surface area contributed by atoms with Crippen molar-refractivity contribution in [2.75, 3.05) is 0 Å². The molecule has 0 aromatic carbocycles. The molecule has 0 nitrogen and oxygen atoms in total. The van der Waals surface area contributed by atoms with Crippen molar-refractivity contribution < 1.29 is 56.1 Å². The topological polar surface area (TPSA) is 0 Å². The molecule has 0 N–H and O–H groups in total. The molecule has 0 aromatic heterocycles. The normalized spacial score (nSPS) is 2.40. The monoisotopic (exact) mass is 100 g/mol. The fourth-order valence-corrected chi connectivity index (χ4v) is 0. The van der Waals surface area contributed by atoms with Crippen LogP contribution in [0.5, 0.6) is 0 Å². The third kappa shape index (κ3) is 37.7. The molecular formula is C3H6FK. The van der Waals surface area contributed by atoms with Gasteiger partial charge in [0.05, 0.1) is 0 Å². The van der Waals surface area contributed by atoms with Gasteiger partial charge >= 0.3 is 51.4 Å². The second-order valence-electron chi connectivity index (χ2n) is 0.289. The van der Waals surface area contributed by atoms with E-state index in [1.807, 2.05) is 0 Å². The Labute approximate surface area is 74.4 Å². The van der Waals surface area contributed by atoms with Crippen molar-refractivity contribution in [1.82, 2.24) is 0 Å². The maximum absolute atomic E-state index is 3.25. The van der Waals surface area contributed by atoms with Crippen LogP contribution in [-0.2, 0) is 0 Å². The molecule has 0 rings (SSSR count). The van der Waals surface area contributed by atoms with Crippen molar-refractivity contribution >= 4 is 0 Å². The van der Waals surface area contributed by atoms with Crippen LogP contribution in [-0.4, -0.2) is 0 Å². The summed E-state index contributed by atoms with van der Waals surface area (Å²) in [5.74, 6) is 0. The molecule has 0 bridgehead atoms. The molecule has 0 fully saturated rings. The van der Waals surface area contributed by atoms with E-state index in [9.17, 15) is 0 Å². The van der Waals surface area contributed by atoms with Crippen LogP contribution in [0.4, 0.5) is 4.70 Å². The maximum Gasteiger partial charge on any atom is 1.00 e. The van der Waals surface area contributed by atoms with Gasteiger partial charge in [-0.3, -0.25) is 4.70 Å². The van der Waals surface area contributed by atoms with Gasteiger partial charge in [0.2, 0.25) is 0 Å². The minimum atomic E-state index is 0. The number of halogens is 1. The first-order valence-corrected chi connectivity index (χ1v) is 0.816. The summed E-state index contributed by atoms with van der Waals surface area (Å²) in [4.78, 5) is 0. The molecule has 0 aliphatic rings. The quantitative estimate of drug-likeness (QED) is 0.248. The van der Waals surface area contributed by atoms with E-state index in [1.165, 1.54) is 6.08 Å². The minimum Gasteiger partial charge on any atom is -0.269 e. The predicted molar refractivity (Wildman–Crippen MR) is 18.1 cm³/mol. The summed E-state index contributed by atoms with van der Waals surface area (Å²) in [6.45, 7) is 6.50. The molecule has 2 heteroatoms. The predicted octanol–water partition coefficient (Wildman–Crippen LogP) is -1.84. The zero-order valence-electron chi connectivity index (χ0n) is 3.40. The molecule has 0 heterocycles. The van der Waals surface area contributed by atoms with Gasteiger partial charge in [-0.1, -0.05) is 0 Å². The molecule has 0 radical (unpaired) electrons. The van der Waals surface area contributed by atoms with Gasteiger partial charge in [-0.15, -0.1) is 0 Å². The van der Waals surface area contributed by atoms with E-state index in [0.717, 1.165) is 0 Å². The molecule has 0 amide bonds. The molecule has 0 atom stereocenters. The largest absolute Gasteiger partial charge is 1.00 e. The summed E-state index contributed by atoms with van der Waals surface area (Å²) in [5, 5.41) is 0. The van der Waals surface area contributed by atoms with E-state index in [-0.39, 0.29) is 56.1 Å². The van der Waals surface area contributed by atoms with E-state index in [4.69, 9.17) is 0 Å². The fraction of sp³-hybridized carbons (Fsp3) is 0. The SMILES string of the molecule is C=C[CH2-].F.[K+]. The van der Waals surface area contributed by atoms with Crippen LogP contribution in [0.15, 0.2) is 12.7 Å². The first-order valence-electron chi connectivity index (χ1n) is 0.816.